The highest BCUT2D eigenvalue weighted by molar-refractivity contribution is 5.92. The molecule has 2 unspecified atom stereocenters. The molecule has 0 saturated carbocycles. The molecule has 2 aliphatic heterocycles. The number of carbonyl (C=O) groups excluding carboxylic acids is 1. The Balaban J connectivity index is 1.43. The van der Waals surface area contributed by atoms with Crippen LogP contribution < -0.4 is 10.6 Å². The van der Waals surface area contributed by atoms with Crippen LogP contribution >= 0.6 is 0 Å². The van der Waals surface area contributed by atoms with E-state index in [1.54, 1.807) is 0 Å². The highest BCUT2D eigenvalue weighted by Crippen LogP contribution is 2.29. The lowest BCUT2D eigenvalue weighted by atomic mass is 10.00. The first-order chi connectivity index (χ1) is 12.4. The number of fused-ring (bicyclic) bond motifs is 2. The van der Waals surface area contributed by atoms with Crippen LogP contribution in [-0.2, 0) is 6.18 Å². The average Bonchev–Trinajstić information content (AvgIpc) is 3.21. The number of nitrogens with one attached hydrogen (secondary N) is 2. The number of nitrogens with zero attached hydrogens (tertiary/aromatic N) is 4. The van der Waals surface area contributed by atoms with Crippen molar-refractivity contribution in [2.75, 3.05) is 0 Å². The van der Waals surface area contributed by atoms with Crippen LogP contribution in [-0.4, -0.2) is 44.0 Å². The quantitative estimate of drug-likeness (QED) is 0.864. The number of hydrogen-bond acceptors (Lipinski definition) is 5. The molecule has 0 radical (unpaired) electrons. The molecule has 0 aromatic carbocycles. The molecule has 10 heteroatoms. The molecule has 7 nitrogen and oxygen atoms in total. The van der Waals surface area contributed by atoms with Crippen LogP contribution in [0.15, 0.2) is 24.5 Å². The smallest absolute Gasteiger partial charge is 0.348 e. The van der Waals surface area contributed by atoms with Gasteiger partial charge < -0.3 is 10.6 Å². The van der Waals surface area contributed by atoms with Crippen LogP contribution in [0.4, 0.5) is 13.2 Å². The Morgan fingerprint density at radius 1 is 1.23 bits per heavy atom. The van der Waals surface area contributed by atoms with Gasteiger partial charge in [-0.05, 0) is 37.8 Å². The van der Waals surface area contributed by atoms with Crippen LogP contribution in [0.25, 0.3) is 5.82 Å². The van der Waals surface area contributed by atoms with Crippen molar-refractivity contribution < 1.29 is 18.0 Å². The zero-order chi connectivity index (χ0) is 18.3. The summed E-state index contributed by atoms with van der Waals surface area (Å²) in [7, 11) is 0. The van der Waals surface area contributed by atoms with E-state index < -0.39 is 11.7 Å². The monoisotopic (exact) mass is 366 g/mol. The largest absolute Gasteiger partial charge is 0.417 e. The lowest BCUT2D eigenvalue weighted by Crippen LogP contribution is -2.48. The predicted molar refractivity (Wildman–Crippen MR) is 84.6 cm³/mol. The first kappa shape index (κ1) is 17.0. The molecule has 138 valence electrons. The summed E-state index contributed by atoms with van der Waals surface area (Å²) < 4.78 is 38.9. The summed E-state index contributed by atoms with van der Waals surface area (Å²) in [5, 5.41) is 14.1. The topological polar surface area (TPSA) is 84.7 Å². The first-order valence-corrected chi connectivity index (χ1v) is 8.41. The van der Waals surface area contributed by atoms with Crippen molar-refractivity contribution in [1.82, 2.24) is 30.6 Å². The maximum absolute atomic E-state index is 12.6. The minimum atomic E-state index is -4.45. The van der Waals surface area contributed by atoms with Gasteiger partial charge >= 0.3 is 6.18 Å². The SMILES string of the molecule is O=C(NC1CC2CCC(C1)N2)c1cn(-c2ccc(C(F)(F)F)cn2)nn1. The van der Waals surface area contributed by atoms with E-state index in [1.165, 1.54) is 16.9 Å². The molecular weight excluding hydrogens is 349 g/mol. The maximum Gasteiger partial charge on any atom is 0.417 e. The van der Waals surface area contributed by atoms with Gasteiger partial charge in [0, 0.05) is 24.3 Å². The van der Waals surface area contributed by atoms with Crippen molar-refractivity contribution in [3.8, 4) is 5.82 Å². The van der Waals surface area contributed by atoms with Gasteiger partial charge in [0.15, 0.2) is 11.5 Å². The van der Waals surface area contributed by atoms with Gasteiger partial charge in [-0.15, -0.1) is 5.10 Å². The fraction of sp³-hybridized carbons (Fsp3) is 0.500. The van der Waals surface area contributed by atoms with Crippen LogP contribution in [0.1, 0.15) is 41.7 Å². The molecule has 4 rings (SSSR count). The number of carbonyl (C=O) groups is 1. The Morgan fingerprint density at radius 2 is 1.96 bits per heavy atom. The summed E-state index contributed by atoms with van der Waals surface area (Å²) in [6.45, 7) is 0. The second kappa shape index (κ2) is 6.35. The van der Waals surface area contributed by atoms with E-state index in [4.69, 9.17) is 0 Å². The summed E-state index contributed by atoms with van der Waals surface area (Å²) in [5.74, 6) is -0.182. The molecule has 4 heterocycles. The molecule has 1 amide bonds. The number of aromatic nitrogens is 4. The molecule has 2 saturated heterocycles. The zero-order valence-corrected chi connectivity index (χ0v) is 13.7. The van der Waals surface area contributed by atoms with Gasteiger partial charge in [0.2, 0.25) is 0 Å². The van der Waals surface area contributed by atoms with E-state index in [9.17, 15) is 18.0 Å². The summed E-state index contributed by atoms with van der Waals surface area (Å²) >= 11 is 0. The number of hydrogen-bond donors (Lipinski definition) is 2. The van der Waals surface area contributed by atoms with Crippen molar-refractivity contribution in [2.45, 2.75) is 50.0 Å². The molecule has 2 aromatic rings. The lowest BCUT2D eigenvalue weighted by Gasteiger charge is -2.29. The van der Waals surface area contributed by atoms with Crippen LogP contribution in [0.2, 0.25) is 0 Å². The van der Waals surface area contributed by atoms with E-state index in [-0.39, 0.29) is 23.5 Å². The minimum absolute atomic E-state index is 0.0931. The van der Waals surface area contributed by atoms with Gasteiger partial charge in [-0.1, -0.05) is 5.21 Å². The fourth-order valence-corrected chi connectivity index (χ4v) is 3.60. The third-order valence-electron chi connectivity index (χ3n) is 4.84. The van der Waals surface area contributed by atoms with Crippen molar-refractivity contribution in [2.24, 2.45) is 0 Å². The van der Waals surface area contributed by atoms with Gasteiger partial charge in [-0.3, -0.25) is 4.79 Å². The molecule has 0 aliphatic carbocycles. The molecule has 2 fully saturated rings. The molecule has 2 bridgehead atoms. The van der Waals surface area contributed by atoms with E-state index >= 15 is 0 Å². The lowest BCUT2D eigenvalue weighted by molar-refractivity contribution is -0.137. The van der Waals surface area contributed by atoms with Gasteiger partial charge in [0.1, 0.15) is 0 Å². The number of piperidine rings is 1. The predicted octanol–water partition coefficient (Wildman–Crippen LogP) is 1.69. The number of amides is 1. The highest BCUT2D eigenvalue weighted by Gasteiger charge is 2.34. The third kappa shape index (κ3) is 3.41. The van der Waals surface area contributed by atoms with Crippen molar-refractivity contribution in [1.29, 1.82) is 0 Å². The summed E-state index contributed by atoms with van der Waals surface area (Å²) in [4.78, 5) is 16.1. The Labute approximate surface area is 147 Å². The summed E-state index contributed by atoms with van der Waals surface area (Å²) in [6, 6.07) is 3.09. The number of rotatable bonds is 3. The second-order valence-electron chi connectivity index (χ2n) is 6.73. The zero-order valence-electron chi connectivity index (χ0n) is 13.7. The Kier molecular flexibility index (Phi) is 4.14. The van der Waals surface area contributed by atoms with E-state index in [0.717, 1.165) is 37.9 Å². The van der Waals surface area contributed by atoms with E-state index in [2.05, 4.69) is 25.9 Å². The van der Waals surface area contributed by atoms with E-state index in [1.807, 2.05) is 0 Å². The Morgan fingerprint density at radius 3 is 2.58 bits per heavy atom. The number of pyridine rings is 1. The second-order valence-corrected chi connectivity index (χ2v) is 6.73. The van der Waals surface area contributed by atoms with Crippen molar-refractivity contribution in [3.05, 3.63) is 35.8 Å². The number of halogens is 3. The highest BCUT2D eigenvalue weighted by atomic mass is 19.4. The van der Waals surface area contributed by atoms with Crippen molar-refractivity contribution in [3.63, 3.8) is 0 Å². The van der Waals surface area contributed by atoms with Gasteiger partial charge in [0.05, 0.1) is 11.8 Å². The van der Waals surface area contributed by atoms with Gasteiger partial charge in [-0.2, -0.15) is 13.2 Å². The Bertz CT molecular complexity index is 791. The number of alkyl halides is 3. The molecule has 0 spiro atoms. The van der Waals surface area contributed by atoms with Crippen LogP contribution in [0, 0.1) is 0 Å². The molecule has 2 atom stereocenters. The van der Waals surface area contributed by atoms with Crippen LogP contribution in [0.3, 0.4) is 0 Å². The molecule has 26 heavy (non-hydrogen) atoms. The standard InChI is InChI=1S/C16H17F3N6O/c17-16(18,19)9-1-4-14(20-7-9)25-8-13(23-24-25)15(26)22-12-5-10-2-3-11(6-12)21-10/h1,4,7-8,10-12,21H,2-3,5-6H2,(H,22,26). The maximum atomic E-state index is 12.6. The Hall–Kier alpha value is -2.49. The average molecular weight is 366 g/mol. The molecular formula is C16H17F3N6O. The molecule has 2 N–H and O–H groups in total. The van der Waals surface area contributed by atoms with Crippen LogP contribution in [0.5, 0.6) is 0 Å². The van der Waals surface area contributed by atoms with E-state index in [0.29, 0.717) is 12.1 Å². The molecule has 2 aromatic heterocycles. The third-order valence-corrected chi connectivity index (χ3v) is 4.84. The van der Waals surface area contributed by atoms with Gasteiger partial charge in [-0.25, -0.2) is 9.67 Å². The summed E-state index contributed by atoms with van der Waals surface area (Å²) in [5.41, 5.74) is -0.738. The minimum Gasteiger partial charge on any atom is -0.348 e. The first-order valence-electron chi connectivity index (χ1n) is 8.41. The fourth-order valence-electron chi connectivity index (χ4n) is 3.60. The normalized spacial score (nSPS) is 25.3. The molecule has 2 aliphatic rings. The van der Waals surface area contributed by atoms with Crippen molar-refractivity contribution >= 4 is 5.91 Å². The van der Waals surface area contributed by atoms with Gasteiger partial charge in [0.25, 0.3) is 5.91 Å². The summed E-state index contributed by atoms with van der Waals surface area (Å²) in [6.07, 6.45) is 1.67.